The Balaban J connectivity index is 4.53. The molecule has 2 atom stereocenters. The molecule has 0 saturated carbocycles. The van der Waals surface area contributed by atoms with E-state index in [1.165, 1.54) is 6.92 Å². The zero-order chi connectivity index (χ0) is 11.6. The standard InChI is InChI=1S/C8H13F3O3/c1-4-5(2)14-6(12)7(3,13)8(9,10)11/h5,13H,4H2,1-3H3. The minimum absolute atomic E-state index is 0.373. The van der Waals surface area contributed by atoms with Gasteiger partial charge in [0.2, 0.25) is 0 Å². The molecule has 14 heavy (non-hydrogen) atoms. The largest absolute Gasteiger partial charge is 0.460 e. The first kappa shape index (κ1) is 13.2. The maximum atomic E-state index is 12.1. The summed E-state index contributed by atoms with van der Waals surface area (Å²) in [6, 6.07) is 0. The molecule has 6 heteroatoms. The smallest absolute Gasteiger partial charge is 0.427 e. The number of esters is 1. The van der Waals surface area contributed by atoms with E-state index in [0.717, 1.165) is 0 Å². The average Bonchev–Trinajstić information content (AvgIpc) is 2.01. The summed E-state index contributed by atoms with van der Waals surface area (Å²) in [5.41, 5.74) is -3.43. The lowest BCUT2D eigenvalue weighted by atomic mass is 10.1. The summed E-state index contributed by atoms with van der Waals surface area (Å²) in [7, 11) is 0. The Labute approximate surface area is 79.9 Å². The van der Waals surface area contributed by atoms with Gasteiger partial charge in [-0.25, -0.2) is 4.79 Å². The highest BCUT2D eigenvalue weighted by molar-refractivity contribution is 5.79. The van der Waals surface area contributed by atoms with Gasteiger partial charge in [0.15, 0.2) is 0 Å². The van der Waals surface area contributed by atoms with Gasteiger partial charge in [-0.3, -0.25) is 0 Å². The van der Waals surface area contributed by atoms with Gasteiger partial charge in [0.25, 0.3) is 5.60 Å². The Morgan fingerprint density at radius 3 is 2.21 bits per heavy atom. The number of aliphatic hydroxyl groups is 1. The van der Waals surface area contributed by atoms with Crippen molar-refractivity contribution in [3.05, 3.63) is 0 Å². The number of hydrogen-bond acceptors (Lipinski definition) is 3. The third-order valence-corrected chi connectivity index (χ3v) is 1.83. The Kier molecular flexibility index (Phi) is 3.93. The fourth-order valence-electron chi connectivity index (χ4n) is 0.497. The van der Waals surface area contributed by atoms with Crippen LogP contribution in [0.3, 0.4) is 0 Å². The molecule has 3 nitrogen and oxygen atoms in total. The van der Waals surface area contributed by atoms with Gasteiger partial charge in [-0.05, 0) is 20.3 Å². The van der Waals surface area contributed by atoms with Crippen LogP contribution in [-0.2, 0) is 9.53 Å². The Bertz CT molecular complexity index is 210. The zero-order valence-electron chi connectivity index (χ0n) is 8.18. The number of hydrogen-bond donors (Lipinski definition) is 1. The second-order valence-electron chi connectivity index (χ2n) is 3.19. The summed E-state index contributed by atoms with van der Waals surface area (Å²) in [5, 5.41) is 8.86. The van der Waals surface area contributed by atoms with Crippen molar-refractivity contribution in [2.24, 2.45) is 0 Å². The molecular formula is C8H13F3O3. The fraction of sp³-hybridized carbons (Fsp3) is 0.875. The van der Waals surface area contributed by atoms with E-state index in [1.807, 2.05) is 0 Å². The molecular weight excluding hydrogens is 201 g/mol. The lowest BCUT2D eigenvalue weighted by molar-refractivity contribution is -0.258. The second-order valence-corrected chi connectivity index (χ2v) is 3.19. The fourth-order valence-corrected chi connectivity index (χ4v) is 0.497. The molecule has 0 saturated heterocycles. The van der Waals surface area contributed by atoms with E-state index < -0.39 is 23.9 Å². The van der Waals surface area contributed by atoms with E-state index in [9.17, 15) is 18.0 Å². The van der Waals surface area contributed by atoms with Crippen molar-refractivity contribution in [1.82, 2.24) is 0 Å². The third kappa shape index (κ3) is 2.87. The summed E-state index contributed by atoms with van der Waals surface area (Å²) in [4.78, 5) is 10.9. The van der Waals surface area contributed by atoms with Crippen molar-refractivity contribution in [3.63, 3.8) is 0 Å². The predicted octanol–water partition coefficient (Wildman–Crippen LogP) is 1.64. The van der Waals surface area contributed by atoms with Crippen molar-refractivity contribution in [2.45, 2.75) is 45.1 Å². The number of carbonyl (C=O) groups is 1. The highest BCUT2D eigenvalue weighted by Gasteiger charge is 2.57. The number of ether oxygens (including phenoxy) is 1. The highest BCUT2D eigenvalue weighted by Crippen LogP contribution is 2.31. The zero-order valence-corrected chi connectivity index (χ0v) is 8.18. The molecule has 0 aliphatic heterocycles. The molecule has 0 radical (unpaired) electrons. The van der Waals surface area contributed by atoms with E-state index >= 15 is 0 Å². The van der Waals surface area contributed by atoms with E-state index in [1.54, 1.807) is 6.92 Å². The Hall–Kier alpha value is -0.780. The van der Waals surface area contributed by atoms with Gasteiger partial charge < -0.3 is 9.84 Å². The van der Waals surface area contributed by atoms with Crippen molar-refractivity contribution in [2.75, 3.05) is 0 Å². The van der Waals surface area contributed by atoms with Gasteiger partial charge >= 0.3 is 12.1 Å². The van der Waals surface area contributed by atoms with Crippen LogP contribution in [0.1, 0.15) is 27.2 Å². The first-order valence-corrected chi connectivity index (χ1v) is 4.13. The van der Waals surface area contributed by atoms with Crippen LogP contribution in [0.5, 0.6) is 0 Å². The topological polar surface area (TPSA) is 46.5 Å². The number of rotatable bonds is 3. The molecule has 0 spiro atoms. The van der Waals surface area contributed by atoms with Crippen LogP contribution in [0.4, 0.5) is 13.2 Å². The molecule has 0 aliphatic rings. The van der Waals surface area contributed by atoms with Gasteiger partial charge in [-0.2, -0.15) is 13.2 Å². The van der Waals surface area contributed by atoms with Crippen molar-refractivity contribution >= 4 is 5.97 Å². The second kappa shape index (κ2) is 4.16. The lowest BCUT2D eigenvalue weighted by Crippen LogP contribution is -2.51. The summed E-state index contributed by atoms with van der Waals surface area (Å²) in [6.07, 6.45) is -5.27. The van der Waals surface area contributed by atoms with Gasteiger partial charge in [0.05, 0.1) is 6.10 Å². The molecule has 0 aromatic heterocycles. The Morgan fingerprint density at radius 2 is 1.93 bits per heavy atom. The van der Waals surface area contributed by atoms with Crippen LogP contribution in [0.2, 0.25) is 0 Å². The minimum atomic E-state index is -5.02. The molecule has 1 N–H and O–H groups in total. The van der Waals surface area contributed by atoms with Crippen LogP contribution < -0.4 is 0 Å². The summed E-state index contributed by atoms with van der Waals surface area (Å²) in [6.45, 7) is 3.47. The Morgan fingerprint density at radius 1 is 1.50 bits per heavy atom. The van der Waals surface area contributed by atoms with E-state index in [2.05, 4.69) is 4.74 Å². The van der Waals surface area contributed by atoms with Gasteiger partial charge in [-0.15, -0.1) is 0 Å². The number of carbonyl (C=O) groups excluding carboxylic acids is 1. The van der Waals surface area contributed by atoms with Crippen molar-refractivity contribution in [1.29, 1.82) is 0 Å². The molecule has 0 aliphatic carbocycles. The summed E-state index contributed by atoms with van der Waals surface area (Å²) < 4.78 is 40.6. The van der Waals surface area contributed by atoms with Crippen molar-refractivity contribution < 1.29 is 27.8 Å². The van der Waals surface area contributed by atoms with Crippen LogP contribution >= 0.6 is 0 Å². The molecule has 0 aromatic carbocycles. The third-order valence-electron chi connectivity index (χ3n) is 1.83. The van der Waals surface area contributed by atoms with Crippen LogP contribution in [0.15, 0.2) is 0 Å². The molecule has 2 unspecified atom stereocenters. The normalized spacial score (nSPS) is 18.5. The van der Waals surface area contributed by atoms with E-state index in [0.29, 0.717) is 13.3 Å². The SMILES string of the molecule is CCC(C)OC(=O)C(C)(O)C(F)(F)F. The number of halogens is 3. The van der Waals surface area contributed by atoms with Gasteiger partial charge in [0, 0.05) is 0 Å². The molecule has 0 aromatic rings. The maximum absolute atomic E-state index is 12.1. The lowest BCUT2D eigenvalue weighted by Gasteiger charge is -2.25. The van der Waals surface area contributed by atoms with Crippen LogP contribution in [-0.4, -0.2) is 29.0 Å². The summed E-state index contributed by atoms with van der Waals surface area (Å²) in [5.74, 6) is -1.67. The maximum Gasteiger partial charge on any atom is 0.427 e. The van der Waals surface area contributed by atoms with Gasteiger partial charge in [-0.1, -0.05) is 6.92 Å². The van der Waals surface area contributed by atoms with Crippen LogP contribution in [0.25, 0.3) is 0 Å². The van der Waals surface area contributed by atoms with Crippen molar-refractivity contribution in [3.8, 4) is 0 Å². The molecule has 0 bridgehead atoms. The first-order chi connectivity index (χ1) is 6.13. The summed E-state index contributed by atoms with van der Waals surface area (Å²) >= 11 is 0. The quantitative estimate of drug-likeness (QED) is 0.726. The number of alkyl halides is 3. The molecule has 0 amide bonds. The van der Waals surface area contributed by atoms with E-state index in [4.69, 9.17) is 5.11 Å². The molecule has 84 valence electrons. The molecule has 0 fully saturated rings. The van der Waals surface area contributed by atoms with E-state index in [-0.39, 0.29) is 0 Å². The molecule has 0 heterocycles. The monoisotopic (exact) mass is 214 g/mol. The highest BCUT2D eigenvalue weighted by atomic mass is 19.4. The first-order valence-electron chi connectivity index (χ1n) is 4.13. The minimum Gasteiger partial charge on any atom is -0.460 e. The van der Waals surface area contributed by atoms with Gasteiger partial charge in [0.1, 0.15) is 0 Å². The average molecular weight is 214 g/mol. The molecule has 0 rings (SSSR count). The predicted molar refractivity (Wildman–Crippen MR) is 42.5 cm³/mol. The van der Waals surface area contributed by atoms with Crippen LogP contribution in [0, 0.1) is 0 Å².